The number of methoxy groups -OCH3 is 1. The van der Waals surface area contributed by atoms with Crippen molar-refractivity contribution < 1.29 is 24.0 Å². The summed E-state index contributed by atoms with van der Waals surface area (Å²) in [6.07, 6.45) is 1.52. The van der Waals surface area contributed by atoms with Crippen molar-refractivity contribution in [2.45, 2.75) is 6.73 Å². The number of aromatic nitrogens is 2. The maximum atomic E-state index is 12.1. The fourth-order valence-electron chi connectivity index (χ4n) is 2.05. The van der Waals surface area contributed by atoms with Crippen LogP contribution >= 0.6 is 0 Å². The van der Waals surface area contributed by atoms with Crippen molar-refractivity contribution >= 4 is 17.8 Å². The lowest BCUT2D eigenvalue weighted by Gasteiger charge is -2.11. The number of hydroxylamine groups is 2. The summed E-state index contributed by atoms with van der Waals surface area (Å²) in [5.74, 6) is -2.25. The second-order valence-electron chi connectivity index (χ2n) is 4.49. The first-order valence-corrected chi connectivity index (χ1v) is 6.34. The summed E-state index contributed by atoms with van der Waals surface area (Å²) in [6.45, 7) is 0.167. The van der Waals surface area contributed by atoms with Gasteiger partial charge < -0.3 is 9.57 Å². The largest absolute Gasteiger partial charge is 0.384 e. The summed E-state index contributed by atoms with van der Waals surface area (Å²) in [5, 5.41) is 4.36. The highest BCUT2D eigenvalue weighted by Crippen LogP contribution is 2.23. The topological polar surface area (TPSA) is 90.7 Å². The summed E-state index contributed by atoms with van der Waals surface area (Å²) in [7, 11) is 1.48. The Balaban J connectivity index is 1.77. The van der Waals surface area contributed by atoms with Crippen molar-refractivity contribution in [3.05, 3.63) is 53.3 Å². The predicted molar refractivity (Wildman–Crippen MR) is 71.6 cm³/mol. The molecule has 2 heterocycles. The third-order valence-electron chi connectivity index (χ3n) is 3.04. The summed E-state index contributed by atoms with van der Waals surface area (Å²) < 4.78 is 6.23. The minimum atomic E-state index is -0.899. The maximum absolute atomic E-state index is 12.1. The van der Waals surface area contributed by atoms with E-state index in [4.69, 9.17) is 9.57 Å². The quantitative estimate of drug-likeness (QED) is 0.778. The molecular weight excluding hydrogens is 290 g/mol. The van der Waals surface area contributed by atoms with Gasteiger partial charge in [0.15, 0.2) is 5.69 Å². The zero-order chi connectivity index (χ0) is 15.7. The number of carbonyl (C=O) groups is 3. The molecule has 0 saturated heterocycles. The minimum Gasteiger partial charge on any atom is -0.362 e. The Hall–Kier alpha value is -3.00. The van der Waals surface area contributed by atoms with E-state index in [2.05, 4.69) is 5.10 Å². The van der Waals surface area contributed by atoms with Crippen LogP contribution in [0.15, 0.2) is 36.5 Å². The van der Waals surface area contributed by atoms with Crippen LogP contribution in [0.1, 0.15) is 31.2 Å². The first-order valence-electron chi connectivity index (χ1n) is 6.34. The number of benzene rings is 1. The van der Waals surface area contributed by atoms with Crippen LogP contribution in [0.2, 0.25) is 0 Å². The number of ether oxygens (including phenoxy) is 1. The van der Waals surface area contributed by atoms with Gasteiger partial charge in [0.2, 0.25) is 0 Å². The molecule has 0 spiro atoms. The molecule has 2 aromatic rings. The van der Waals surface area contributed by atoms with E-state index < -0.39 is 17.8 Å². The molecule has 0 unspecified atom stereocenters. The van der Waals surface area contributed by atoms with E-state index in [0.717, 1.165) is 0 Å². The Morgan fingerprint density at radius 1 is 1.14 bits per heavy atom. The number of nitrogens with zero attached hydrogens (tertiary/aromatic N) is 3. The number of hydrogen-bond acceptors (Lipinski definition) is 6. The fourth-order valence-corrected chi connectivity index (χ4v) is 2.05. The van der Waals surface area contributed by atoms with Crippen LogP contribution in [0.4, 0.5) is 0 Å². The van der Waals surface area contributed by atoms with E-state index in [9.17, 15) is 14.4 Å². The van der Waals surface area contributed by atoms with Gasteiger partial charge in [0.05, 0.1) is 11.1 Å². The molecular formula is C14H11N3O5. The third kappa shape index (κ3) is 2.25. The van der Waals surface area contributed by atoms with Crippen LogP contribution in [0.3, 0.4) is 0 Å². The number of carbonyl (C=O) groups excluding carboxylic acids is 3. The summed E-state index contributed by atoms with van der Waals surface area (Å²) in [5.41, 5.74) is 0.365. The third-order valence-corrected chi connectivity index (χ3v) is 3.04. The lowest BCUT2D eigenvalue weighted by molar-refractivity contribution is -0.0589. The summed E-state index contributed by atoms with van der Waals surface area (Å²) in [4.78, 5) is 41.0. The molecule has 0 saturated carbocycles. The Bertz CT molecular complexity index is 732. The lowest BCUT2D eigenvalue weighted by atomic mass is 10.1. The highest BCUT2D eigenvalue weighted by molar-refractivity contribution is 6.21. The molecule has 0 radical (unpaired) electrons. The Morgan fingerprint density at radius 3 is 2.36 bits per heavy atom. The second kappa shape index (κ2) is 5.41. The van der Waals surface area contributed by atoms with Gasteiger partial charge in [0.1, 0.15) is 6.73 Å². The number of fused-ring (bicyclic) bond motifs is 1. The van der Waals surface area contributed by atoms with E-state index in [1.54, 1.807) is 12.1 Å². The second-order valence-corrected chi connectivity index (χ2v) is 4.49. The van der Waals surface area contributed by atoms with E-state index in [-0.39, 0.29) is 23.6 Å². The van der Waals surface area contributed by atoms with Crippen molar-refractivity contribution in [3.8, 4) is 0 Å². The lowest BCUT2D eigenvalue weighted by Crippen LogP contribution is -2.32. The van der Waals surface area contributed by atoms with Crippen molar-refractivity contribution in [1.29, 1.82) is 0 Å². The Labute approximate surface area is 124 Å². The van der Waals surface area contributed by atoms with Crippen molar-refractivity contribution in [1.82, 2.24) is 14.8 Å². The number of hydrogen-bond donors (Lipinski definition) is 0. The van der Waals surface area contributed by atoms with Crippen molar-refractivity contribution in [2.75, 3.05) is 7.11 Å². The van der Waals surface area contributed by atoms with Crippen molar-refractivity contribution in [2.24, 2.45) is 0 Å². The van der Waals surface area contributed by atoms with Gasteiger partial charge in [-0.2, -0.15) is 5.10 Å². The number of amides is 2. The van der Waals surface area contributed by atoms with Crippen LogP contribution in [0.25, 0.3) is 0 Å². The minimum absolute atomic E-state index is 0.0337. The number of imide groups is 1. The van der Waals surface area contributed by atoms with E-state index in [1.165, 1.54) is 36.2 Å². The molecule has 1 aliphatic rings. The van der Waals surface area contributed by atoms with Gasteiger partial charge in [-0.1, -0.05) is 17.2 Å². The smallest absolute Gasteiger partial charge is 0.362 e. The Morgan fingerprint density at radius 2 is 1.77 bits per heavy atom. The average molecular weight is 301 g/mol. The van der Waals surface area contributed by atoms with E-state index >= 15 is 0 Å². The van der Waals surface area contributed by atoms with Gasteiger partial charge in [-0.25, -0.2) is 9.48 Å². The molecule has 1 aliphatic heterocycles. The summed E-state index contributed by atoms with van der Waals surface area (Å²) in [6, 6.07) is 7.65. The first-order chi connectivity index (χ1) is 10.6. The molecule has 0 aliphatic carbocycles. The first kappa shape index (κ1) is 14.0. The number of rotatable bonds is 4. The highest BCUT2D eigenvalue weighted by atomic mass is 16.7. The monoisotopic (exact) mass is 301 g/mol. The molecule has 3 rings (SSSR count). The molecule has 112 valence electrons. The molecule has 2 amide bonds. The predicted octanol–water partition coefficient (Wildman–Crippen LogP) is 0.855. The van der Waals surface area contributed by atoms with Crippen LogP contribution < -0.4 is 0 Å². The summed E-state index contributed by atoms with van der Waals surface area (Å²) >= 11 is 0. The van der Waals surface area contributed by atoms with Gasteiger partial charge >= 0.3 is 5.97 Å². The molecule has 8 heteroatoms. The van der Waals surface area contributed by atoms with Crippen molar-refractivity contribution in [3.63, 3.8) is 0 Å². The SMILES string of the molecule is COCn1ccc(C(=O)ON2C(=O)c3ccccc3C2=O)n1. The zero-order valence-electron chi connectivity index (χ0n) is 11.6. The maximum Gasteiger partial charge on any atom is 0.384 e. The fraction of sp³-hybridized carbons (Fsp3) is 0.143. The standard InChI is InChI=1S/C14H11N3O5/c1-21-8-16-7-6-11(15-16)14(20)22-17-12(18)9-4-2-3-5-10(9)13(17)19/h2-7H,8H2,1H3. The molecule has 1 aromatic heterocycles. The van der Waals surface area contributed by atoms with Crippen LogP contribution in [-0.2, 0) is 16.3 Å². The molecule has 1 aromatic carbocycles. The normalized spacial score (nSPS) is 13.4. The van der Waals surface area contributed by atoms with E-state index in [1.807, 2.05) is 0 Å². The zero-order valence-corrected chi connectivity index (χ0v) is 11.6. The van der Waals surface area contributed by atoms with Crippen LogP contribution in [0, 0.1) is 0 Å². The van der Waals surface area contributed by atoms with Crippen LogP contribution in [-0.4, -0.2) is 39.7 Å². The Kier molecular flexibility index (Phi) is 3.43. The van der Waals surface area contributed by atoms with Gasteiger partial charge in [0.25, 0.3) is 11.8 Å². The molecule has 0 bridgehead atoms. The highest BCUT2D eigenvalue weighted by Gasteiger charge is 2.39. The molecule has 22 heavy (non-hydrogen) atoms. The van der Waals surface area contributed by atoms with Gasteiger partial charge in [-0.15, -0.1) is 0 Å². The molecule has 0 fully saturated rings. The van der Waals surface area contributed by atoms with Gasteiger partial charge in [-0.3, -0.25) is 9.59 Å². The molecule has 0 atom stereocenters. The van der Waals surface area contributed by atoms with Gasteiger partial charge in [-0.05, 0) is 18.2 Å². The van der Waals surface area contributed by atoms with Gasteiger partial charge in [0, 0.05) is 13.3 Å². The average Bonchev–Trinajstić information content (AvgIpc) is 3.08. The van der Waals surface area contributed by atoms with Crippen LogP contribution in [0.5, 0.6) is 0 Å². The van der Waals surface area contributed by atoms with E-state index in [0.29, 0.717) is 5.06 Å². The molecule has 0 N–H and O–H groups in total. The molecule has 8 nitrogen and oxygen atoms in total.